The van der Waals surface area contributed by atoms with E-state index in [1.807, 2.05) is 12.1 Å². The Labute approximate surface area is 262 Å². The molecule has 230 valence electrons. The van der Waals surface area contributed by atoms with Crippen LogP contribution in [-0.4, -0.2) is 96.9 Å². The van der Waals surface area contributed by atoms with Gasteiger partial charge in [-0.05, 0) is 43.0 Å². The number of fused-ring (bicyclic) bond motifs is 2. The quantitative estimate of drug-likeness (QED) is 0.253. The van der Waals surface area contributed by atoms with Gasteiger partial charge in [0.05, 0.1) is 17.3 Å². The summed E-state index contributed by atoms with van der Waals surface area (Å²) >= 11 is 6.69. The van der Waals surface area contributed by atoms with Crippen molar-refractivity contribution >= 4 is 39.8 Å². The van der Waals surface area contributed by atoms with Gasteiger partial charge in [0.1, 0.15) is 25.1 Å². The average molecular weight is 618 g/mol. The zero-order valence-corrected chi connectivity index (χ0v) is 25.7. The molecule has 0 N–H and O–H groups in total. The highest BCUT2D eigenvalue weighted by molar-refractivity contribution is 6.36. The van der Waals surface area contributed by atoms with Gasteiger partial charge in [-0.25, -0.2) is 11.0 Å². The van der Waals surface area contributed by atoms with Crippen LogP contribution in [0.1, 0.15) is 24.6 Å². The predicted molar refractivity (Wildman–Crippen MR) is 171 cm³/mol. The number of allylic oxidation sites excluding steroid dienone is 1. The second kappa shape index (κ2) is 13.4. The van der Waals surface area contributed by atoms with E-state index >= 15 is 0 Å². The molecule has 2 atom stereocenters. The standard InChI is InChI=1S/C33H37ClFN7O2/c1-3-39-15-12-24(39)22-44-33-37-28-21-40(29-10-5-8-23-7-4-9-27(34)31(23)29)16-13-26(28)32(38-33)41-17-18-42(25(20-41)19-36-2)30(43)11-6-14-35/h4-11,24-25H,3,12-22H2,1H3/b11-6+/t24?,25-/m0/s1. The van der Waals surface area contributed by atoms with E-state index in [-0.39, 0.29) is 18.5 Å². The van der Waals surface area contributed by atoms with Gasteiger partial charge in [0.2, 0.25) is 12.5 Å². The molecule has 3 aliphatic rings. The molecule has 2 aromatic carbocycles. The molecule has 3 aromatic rings. The van der Waals surface area contributed by atoms with Crippen LogP contribution in [0.5, 0.6) is 6.01 Å². The Morgan fingerprint density at radius 2 is 1.98 bits per heavy atom. The Morgan fingerprint density at radius 3 is 2.73 bits per heavy atom. The van der Waals surface area contributed by atoms with Crippen LogP contribution in [0.4, 0.5) is 15.9 Å². The summed E-state index contributed by atoms with van der Waals surface area (Å²) in [4.78, 5) is 34.8. The van der Waals surface area contributed by atoms with Gasteiger partial charge in [0.15, 0.2) is 0 Å². The van der Waals surface area contributed by atoms with Gasteiger partial charge in [0, 0.05) is 61.5 Å². The van der Waals surface area contributed by atoms with E-state index in [2.05, 4.69) is 50.7 Å². The number of nitrogens with zero attached hydrogens (tertiary/aromatic N) is 7. The van der Waals surface area contributed by atoms with Crippen molar-refractivity contribution in [2.24, 2.45) is 0 Å². The highest BCUT2D eigenvalue weighted by Crippen LogP contribution is 2.37. The molecule has 9 nitrogen and oxygen atoms in total. The second-order valence-electron chi connectivity index (χ2n) is 11.5. The van der Waals surface area contributed by atoms with Gasteiger partial charge in [-0.3, -0.25) is 9.69 Å². The number of aromatic nitrogens is 2. The number of carbonyl (C=O) groups is 1. The topological polar surface area (TPSA) is 69.4 Å². The highest BCUT2D eigenvalue weighted by atomic mass is 35.5. The van der Waals surface area contributed by atoms with E-state index in [1.165, 1.54) is 12.2 Å². The van der Waals surface area contributed by atoms with Gasteiger partial charge in [-0.1, -0.05) is 42.8 Å². The number of amides is 1. The molecular weight excluding hydrogens is 581 g/mol. The number of likely N-dealkylation sites (N-methyl/N-ethyl adjacent to an activating group) is 1. The molecule has 11 heteroatoms. The maximum absolute atomic E-state index is 12.8. The van der Waals surface area contributed by atoms with Crippen molar-refractivity contribution in [3.8, 4) is 6.01 Å². The summed E-state index contributed by atoms with van der Waals surface area (Å²) in [6.07, 6.45) is 4.29. The van der Waals surface area contributed by atoms with Crippen molar-refractivity contribution in [3.63, 3.8) is 0 Å². The van der Waals surface area contributed by atoms with Crippen LogP contribution in [-0.2, 0) is 17.8 Å². The van der Waals surface area contributed by atoms with Crippen LogP contribution in [0.15, 0.2) is 48.6 Å². The van der Waals surface area contributed by atoms with E-state index < -0.39 is 6.67 Å². The summed E-state index contributed by atoms with van der Waals surface area (Å²) in [6, 6.07) is 12.6. The molecular formula is C33H37ClFN7O2. The van der Waals surface area contributed by atoms with Crippen LogP contribution < -0.4 is 14.5 Å². The number of rotatable bonds is 9. The van der Waals surface area contributed by atoms with E-state index in [0.717, 1.165) is 71.0 Å². The zero-order chi connectivity index (χ0) is 30.6. The van der Waals surface area contributed by atoms with Crippen LogP contribution in [0.25, 0.3) is 15.6 Å². The molecule has 0 aliphatic carbocycles. The minimum Gasteiger partial charge on any atom is -0.462 e. The van der Waals surface area contributed by atoms with Crippen LogP contribution in [0.3, 0.4) is 0 Å². The van der Waals surface area contributed by atoms with Gasteiger partial charge in [-0.2, -0.15) is 9.97 Å². The number of halogens is 2. The number of anilines is 2. The molecule has 0 spiro atoms. The lowest BCUT2D eigenvalue weighted by Gasteiger charge is -2.41. The van der Waals surface area contributed by atoms with Gasteiger partial charge in [-0.15, -0.1) is 0 Å². The van der Waals surface area contributed by atoms with Crippen molar-refractivity contribution in [3.05, 3.63) is 76.2 Å². The van der Waals surface area contributed by atoms with E-state index in [0.29, 0.717) is 44.8 Å². The minimum absolute atomic E-state index is 0.159. The first-order valence-corrected chi connectivity index (χ1v) is 15.7. The number of hydrogen-bond acceptors (Lipinski definition) is 7. The van der Waals surface area contributed by atoms with Crippen molar-refractivity contribution < 1.29 is 13.9 Å². The third kappa shape index (κ3) is 6.04. The molecule has 1 amide bonds. The third-order valence-electron chi connectivity index (χ3n) is 8.99. The fourth-order valence-electron chi connectivity index (χ4n) is 6.57. The maximum Gasteiger partial charge on any atom is 0.318 e. The Morgan fingerprint density at radius 1 is 1.14 bits per heavy atom. The summed E-state index contributed by atoms with van der Waals surface area (Å²) in [7, 11) is 0. The minimum atomic E-state index is -0.700. The largest absolute Gasteiger partial charge is 0.462 e. The molecule has 2 fully saturated rings. The number of benzene rings is 2. The van der Waals surface area contributed by atoms with E-state index in [9.17, 15) is 9.18 Å². The molecule has 4 heterocycles. The first-order valence-electron chi connectivity index (χ1n) is 15.3. The van der Waals surface area contributed by atoms with Crippen molar-refractivity contribution in [2.45, 2.75) is 38.4 Å². The van der Waals surface area contributed by atoms with Gasteiger partial charge >= 0.3 is 6.01 Å². The number of ether oxygens (including phenoxy) is 1. The average Bonchev–Trinajstić information content (AvgIpc) is 3.02. The lowest BCUT2D eigenvalue weighted by molar-refractivity contribution is -0.128. The first kappa shape index (κ1) is 30.1. The van der Waals surface area contributed by atoms with Crippen LogP contribution >= 0.6 is 11.6 Å². The fraction of sp³-hybridized carbons (Fsp3) is 0.455. The van der Waals surface area contributed by atoms with E-state index in [4.69, 9.17) is 32.9 Å². The van der Waals surface area contributed by atoms with Crippen LogP contribution in [0, 0.1) is 6.57 Å². The lowest BCUT2D eigenvalue weighted by atomic mass is 10.0. The maximum atomic E-state index is 12.8. The molecule has 0 saturated carbocycles. The lowest BCUT2D eigenvalue weighted by Crippen LogP contribution is -2.56. The number of alkyl halides is 1. The molecule has 0 bridgehead atoms. The normalized spacial score (nSPS) is 20.5. The van der Waals surface area contributed by atoms with Crippen molar-refractivity contribution in [2.75, 3.05) is 68.9 Å². The highest BCUT2D eigenvalue weighted by Gasteiger charge is 2.35. The van der Waals surface area contributed by atoms with Gasteiger partial charge < -0.3 is 24.3 Å². The number of carbonyl (C=O) groups excluding carboxylic acids is 1. The summed E-state index contributed by atoms with van der Waals surface area (Å²) in [6.45, 7) is 14.5. The SMILES string of the molecule is [C-]#[N+]C[C@H]1CN(c2nc(OCC3CCN3CC)nc3c2CCN(c2cccc4cccc(Cl)c24)C3)CCN1C(=O)/C=C/CF. The molecule has 1 aromatic heterocycles. The molecule has 3 aliphatic heterocycles. The van der Waals surface area contributed by atoms with Crippen molar-refractivity contribution in [1.29, 1.82) is 0 Å². The summed E-state index contributed by atoms with van der Waals surface area (Å²) in [5.41, 5.74) is 3.05. The zero-order valence-electron chi connectivity index (χ0n) is 25.0. The molecule has 2 saturated heterocycles. The Bertz CT molecular complexity index is 1590. The fourth-order valence-corrected chi connectivity index (χ4v) is 6.85. The smallest absolute Gasteiger partial charge is 0.318 e. The number of hydrogen-bond donors (Lipinski definition) is 0. The number of piperazine rings is 1. The molecule has 44 heavy (non-hydrogen) atoms. The Hall–Kier alpha value is -3.94. The number of likely N-dealkylation sites (tertiary alicyclic amines) is 1. The Balaban J connectivity index is 1.32. The second-order valence-corrected chi connectivity index (χ2v) is 11.9. The predicted octanol–water partition coefficient (Wildman–Crippen LogP) is 4.78. The molecule has 6 rings (SSSR count). The summed E-state index contributed by atoms with van der Waals surface area (Å²) < 4.78 is 19.0. The monoisotopic (exact) mass is 617 g/mol. The van der Waals surface area contributed by atoms with Gasteiger partial charge in [0.25, 0.3) is 0 Å². The molecule has 0 radical (unpaired) electrons. The summed E-state index contributed by atoms with van der Waals surface area (Å²) in [5, 5.41) is 2.84. The van der Waals surface area contributed by atoms with Crippen LogP contribution in [0.2, 0.25) is 5.02 Å². The first-order chi connectivity index (χ1) is 21.5. The summed E-state index contributed by atoms with van der Waals surface area (Å²) in [5.74, 6) is 0.540. The Kier molecular flexibility index (Phi) is 9.14. The van der Waals surface area contributed by atoms with E-state index in [1.54, 1.807) is 4.90 Å². The molecule has 1 unspecified atom stereocenters. The van der Waals surface area contributed by atoms with Crippen molar-refractivity contribution in [1.82, 2.24) is 19.8 Å². The third-order valence-corrected chi connectivity index (χ3v) is 9.30.